The van der Waals surface area contributed by atoms with Gasteiger partial charge in [-0.05, 0) is 13.8 Å². The Labute approximate surface area is 65.0 Å². The molecular formula is C7H12FNO2. The molecule has 1 unspecified atom stereocenters. The number of hydrogen-bond acceptors (Lipinski definition) is 3. The largest absolute Gasteiger partial charge is 0.463 e. The molecule has 0 bridgehead atoms. The van der Waals surface area contributed by atoms with Crippen molar-refractivity contribution in [2.45, 2.75) is 20.0 Å². The quantitative estimate of drug-likeness (QED) is 0.491. The summed E-state index contributed by atoms with van der Waals surface area (Å²) in [4.78, 5) is 10.6. The third kappa shape index (κ3) is 4.36. The van der Waals surface area contributed by atoms with Crippen LogP contribution in [0.4, 0.5) is 4.39 Å². The number of allylic oxidation sites excluding steroid dienone is 1. The first-order valence-corrected chi connectivity index (χ1v) is 3.35. The van der Waals surface area contributed by atoms with Crippen LogP contribution >= 0.6 is 0 Å². The zero-order valence-corrected chi connectivity index (χ0v) is 6.63. The van der Waals surface area contributed by atoms with Gasteiger partial charge in [-0.15, -0.1) is 0 Å². The first kappa shape index (κ1) is 9.94. The fraction of sp³-hybridized carbons (Fsp3) is 0.571. The summed E-state index contributed by atoms with van der Waals surface area (Å²) >= 11 is 0. The standard InChI is InChI=1S/C7H12FNO2/c1-3-11-7(10)4-6(9)5(2)8/h4-5H,3,9H2,1-2H3. The number of carbonyl (C=O) groups is 1. The molecule has 0 aliphatic heterocycles. The highest BCUT2D eigenvalue weighted by molar-refractivity contribution is 5.82. The summed E-state index contributed by atoms with van der Waals surface area (Å²) in [6.45, 7) is 3.19. The molecule has 0 aromatic rings. The Morgan fingerprint density at radius 2 is 2.36 bits per heavy atom. The fourth-order valence-electron chi connectivity index (χ4n) is 0.435. The SMILES string of the molecule is CCOC(=O)C=C(N)C(C)F. The lowest BCUT2D eigenvalue weighted by molar-refractivity contribution is -0.137. The first-order valence-electron chi connectivity index (χ1n) is 3.35. The highest BCUT2D eigenvalue weighted by Gasteiger charge is 2.04. The highest BCUT2D eigenvalue weighted by atomic mass is 19.1. The first-order chi connectivity index (χ1) is 5.07. The lowest BCUT2D eigenvalue weighted by Gasteiger charge is -2.00. The normalized spacial score (nSPS) is 14.3. The molecule has 0 heterocycles. The van der Waals surface area contributed by atoms with Crippen molar-refractivity contribution >= 4 is 5.97 Å². The maximum atomic E-state index is 12.3. The summed E-state index contributed by atoms with van der Waals surface area (Å²) in [7, 11) is 0. The molecule has 0 aliphatic carbocycles. The van der Waals surface area contributed by atoms with Crippen molar-refractivity contribution in [2.75, 3.05) is 6.61 Å². The number of nitrogens with two attached hydrogens (primary N) is 1. The average molecular weight is 161 g/mol. The number of halogens is 1. The van der Waals surface area contributed by atoms with E-state index in [-0.39, 0.29) is 12.3 Å². The van der Waals surface area contributed by atoms with Gasteiger partial charge in [-0.2, -0.15) is 0 Å². The van der Waals surface area contributed by atoms with E-state index in [9.17, 15) is 9.18 Å². The molecule has 1 atom stereocenters. The predicted octanol–water partition coefficient (Wildman–Crippen LogP) is 0.750. The molecular weight excluding hydrogens is 149 g/mol. The van der Waals surface area contributed by atoms with Crippen LogP contribution in [0.15, 0.2) is 11.8 Å². The number of alkyl halides is 1. The van der Waals surface area contributed by atoms with Crippen LogP contribution in [0, 0.1) is 0 Å². The van der Waals surface area contributed by atoms with Crippen molar-refractivity contribution in [3.8, 4) is 0 Å². The van der Waals surface area contributed by atoms with Crippen molar-refractivity contribution in [1.29, 1.82) is 0 Å². The number of esters is 1. The van der Waals surface area contributed by atoms with Crippen LogP contribution in [0.3, 0.4) is 0 Å². The van der Waals surface area contributed by atoms with Gasteiger partial charge in [-0.1, -0.05) is 0 Å². The van der Waals surface area contributed by atoms with Gasteiger partial charge in [0.2, 0.25) is 0 Å². The predicted molar refractivity (Wildman–Crippen MR) is 39.5 cm³/mol. The van der Waals surface area contributed by atoms with E-state index in [1.54, 1.807) is 6.92 Å². The van der Waals surface area contributed by atoms with E-state index in [4.69, 9.17) is 5.73 Å². The average Bonchev–Trinajstić information content (AvgIpc) is 1.87. The van der Waals surface area contributed by atoms with Gasteiger partial charge in [0.15, 0.2) is 0 Å². The van der Waals surface area contributed by atoms with Crippen LogP contribution in [0.5, 0.6) is 0 Å². The minimum atomic E-state index is -1.31. The van der Waals surface area contributed by atoms with Crippen molar-refractivity contribution in [3.63, 3.8) is 0 Å². The Morgan fingerprint density at radius 3 is 2.73 bits per heavy atom. The van der Waals surface area contributed by atoms with Gasteiger partial charge in [0.25, 0.3) is 0 Å². The Morgan fingerprint density at radius 1 is 1.82 bits per heavy atom. The van der Waals surface area contributed by atoms with Crippen LogP contribution in [-0.4, -0.2) is 18.7 Å². The Balaban J connectivity index is 3.97. The summed E-state index contributed by atoms with van der Waals surface area (Å²) in [5.41, 5.74) is 5.03. The minimum Gasteiger partial charge on any atom is -0.463 e. The fourth-order valence-corrected chi connectivity index (χ4v) is 0.435. The van der Waals surface area contributed by atoms with Gasteiger partial charge in [0, 0.05) is 11.8 Å². The van der Waals surface area contributed by atoms with Crippen LogP contribution in [0.25, 0.3) is 0 Å². The molecule has 2 N–H and O–H groups in total. The number of hydrogen-bond donors (Lipinski definition) is 1. The summed E-state index contributed by atoms with van der Waals surface area (Å²) in [5.74, 6) is -0.602. The molecule has 0 aromatic carbocycles. The van der Waals surface area contributed by atoms with Gasteiger partial charge < -0.3 is 10.5 Å². The molecule has 0 aliphatic rings. The maximum Gasteiger partial charge on any atom is 0.332 e. The summed E-state index contributed by atoms with van der Waals surface area (Å²) in [6, 6.07) is 0. The summed E-state index contributed by atoms with van der Waals surface area (Å²) in [5, 5.41) is 0. The Bertz CT molecular complexity index is 166. The van der Waals surface area contributed by atoms with Gasteiger partial charge >= 0.3 is 5.97 Å². The van der Waals surface area contributed by atoms with E-state index >= 15 is 0 Å². The number of rotatable bonds is 3. The molecule has 0 spiro atoms. The third-order valence-corrected chi connectivity index (χ3v) is 1.03. The second-order valence-electron chi connectivity index (χ2n) is 2.01. The zero-order valence-electron chi connectivity index (χ0n) is 6.63. The molecule has 0 fully saturated rings. The molecule has 0 aromatic heterocycles. The third-order valence-electron chi connectivity index (χ3n) is 1.03. The number of carbonyl (C=O) groups excluding carboxylic acids is 1. The smallest absolute Gasteiger partial charge is 0.332 e. The van der Waals surface area contributed by atoms with Crippen LogP contribution < -0.4 is 5.73 Å². The van der Waals surface area contributed by atoms with E-state index in [0.29, 0.717) is 0 Å². The molecule has 0 radical (unpaired) electrons. The van der Waals surface area contributed by atoms with E-state index in [1.165, 1.54) is 6.92 Å². The maximum absolute atomic E-state index is 12.3. The lowest BCUT2D eigenvalue weighted by Crippen LogP contribution is -2.12. The summed E-state index contributed by atoms with van der Waals surface area (Å²) in [6.07, 6.45) is -0.354. The van der Waals surface area contributed by atoms with Crippen molar-refractivity contribution in [1.82, 2.24) is 0 Å². The van der Waals surface area contributed by atoms with Crippen molar-refractivity contribution in [2.24, 2.45) is 5.73 Å². The Kier molecular flexibility index (Phi) is 4.26. The van der Waals surface area contributed by atoms with Gasteiger partial charge in [-0.3, -0.25) is 0 Å². The molecule has 0 saturated carbocycles. The van der Waals surface area contributed by atoms with E-state index < -0.39 is 12.1 Å². The molecule has 0 rings (SSSR count). The topological polar surface area (TPSA) is 52.3 Å². The van der Waals surface area contributed by atoms with E-state index in [0.717, 1.165) is 6.08 Å². The van der Waals surface area contributed by atoms with Gasteiger partial charge in [0.05, 0.1) is 6.61 Å². The molecule has 0 saturated heterocycles. The molecule has 11 heavy (non-hydrogen) atoms. The van der Waals surface area contributed by atoms with Gasteiger partial charge in [-0.25, -0.2) is 9.18 Å². The monoisotopic (exact) mass is 161 g/mol. The van der Waals surface area contributed by atoms with E-state index in [1.807, 2.05) is 0 Å². The summed E-state index contributed by atoms with van der Waals surface area (Å²) < 4.78 is 16.8. The van der Waals surface area contributed by atoms with Crippen LogP contribution in [-0.2, 0) is 9.53 Å². The van der Waals surface area contributed by atoms with E-state index in [2.05, 4.69) is 4.74 Å². The highest BCUT2D eigenvalue weighted by Crippen LogP contribution is 1.98. The van der Waals surface area contributed by atoms with Gasteiger partial charge in [0.1, 0.15) is 6.17 Å². The molecule has 64 valence electrons. The number of ether oxygens (including phenoxy) is 1. The minimum absolute atomic E-state index is 0.108. The van der Waals surface area contributed by atoms with Crippen LogP contribution in [0.1, 0.15) is 13.8 Å². The second kappa shape index (κ2) is 4.71. The lowest BCUT2D eigenvalue weighted by atomic mass is 10.3. The molecule has 0 amide bonds. The van der Waals surface area contributed by atoms with Crippen molar-refractivity contribution < 1.29 is 13.9 Å². The molecule has 3 nitrogen and oxygen atoms in total. The second-order valence-corrected chi connectivity index (χ2v) is 2.01. The van der Waals surface area contributed by atoms with Crippen LogP contribution in [0.2, 0.25) is 0 Å². The Hall–Kier alpha value is -1.06. The molecule has 4 heteroatoms. The zero-order chi connectivity index (χ0) is 8.85. The van der Waals surface area contributed by atoms with Crippen molar-refractivity contribution in [3.05, 3.63) is 11.8 Å².